The summed E-state index contributed by atoms with van der Waals surface area (Å²) in [6.07, 6.45) is 42.7. The van der Waals surface area contributed by atoms with E-state index in [2.05, 4.69) is 49.6 Å². The highest BCUT2D eigenvalue weighted by Crippen LogP contribution is 2.27. The summed E-state index contributed by atoms with van der Waals surface area (Å²) in [4.78, 5) is 3.73. The van der Waals surface area contributed by atoms with Crippen LogP contribution in [0.5, 0.6) is 0 Å². The molecule has 0 spiro atoms. The van der Waals surface area contributed by atoms with E-state index in [1.54, 1.807) is 0 Å². The van der Waals surface area contributed by atoms with Crippen LogP contribution in [0.15, 0.2) is 12.4 Å². The monoisotopic (exact) mass is 532 g/mol. The van der Waals surface area contributed by atoms with Crippen LogP contribution in [0.2, 0.25) is 0 Å². The number of H-pyrrole nitrogens is 1. The maximum atomic E-state index is 3.73. The van der Waals surface area contributed by atoms with Crippen LogP contribution in [0, 0.1) is 0 Å². The maximum Gasteiger partial charge on any atom is 0.257 e. The summed E-state index contributed by atoms with van der Waals surface area (Å²) in [5.41, 5.74) is 0. The van der Waals surface area contributed by atoms with E-state index >= 15 is 0 Å². The molecule has 0 aliphatic heterocycles. The van der Waals surface area contributed by atoms with Crippen LogP contribution < -0.4 is 4.57 Å². The maximum absolute atomic E-state index is 3.73. The van der Waals surface area contributed by atoms with Gasteiger partial charge < -0.3 is 0 Å². The van der Waals surface area contributed by atoms with Crippen LogP contribution in [0.25, 0.3) is 0 Å². The lowest BCUT2D eigenvalue weighted by Gasteiger charge is -2.17. The smallest absolute Gasteiger partial charge is 0.247 e. The molecule has 0 aliphatic carbocycles. The van der Waals surface area contributed by atoms with Crippen LogP contribution in [-0.4, -0.2) is 4.98 Å². The van der Waals surface area contributed by atoms with E-state index in [1.165, 1.54) is 179 Å². The van der Waals surface area contributed by atoms with E-state index in [0.29, 0.717) is 12.0 Å². The lowest BCUT2D eigenvalue weighted by atomic mass is 9.92. The Morgan fingerprint density at radius 3 is 1.24 bits per heavy atom. The van der Waals surface area contributed by atoms with Crippen molar-refractivity contribution in [3.8, 4) is 0 Å². The molecule has 38 heavy (non-hydrogen) atoms. The Morgan fingerprint density at radius 1 is 0.500 bits per heavy atom. The Bertz CT molecular complexity index is 570. The van der Waals surface area contributed by atoms with Crippen LogP contribution in [0.1, 0.15) is 219 Å². The van der Waals surface area contributed by atoms with E-state index in [1.807, 2.05) is 0 Å². The topological polar surface area (TPSA) is 19.7 Å². The van der Waals surface area contributed by atoms with Crippen molar-refractivity contribution >= 4 is 0 Å². The Morgan fingerprint density at radius 2 is 0.842 bits per heavy atom. The molecule has 1 aromatic heterocycles. The SMILES string of the molecule is CCCCCCCCCCCC(CCCCCCCCCCC)c1[nH]cc[n+]1C(C)CCCCCCCC. The van der Waals surface area contributed by atoms with Gasteiger partial charge in [0.05, 0.1) is 12.0 Å². The van der Waals surface area contributed by atoms with Crippen molar-refractivity contribution in [2.45, 2.75) is 213 Å². The largest absolute Gasteiger partial charge is 0.257 e. The van der Waals surface area contributed by atoms with E-state index in [4.69, 9.17) is 0 Å². The molecule has 1 heterocycles. The summed E-state index contributed by atoms with van der Waals surface area (Å²) < 4.78 is 2.62. The van der Waals surface area contributed by atoms with Crippen molar-refractivity contribution in [3.63, 3.8) is 0 Å². The van der Waals surface area contributed by atoms with Crippen LogP contribution >= 0.6 is 0 Å². The van der Waals surface area contributed by atoms with Crippen LogP contribution in [0.3, 0.4) is 0 Å². The Kier molecular flexibility index (Phi) is 24.5. The molecule has 1 N–H and O–H groups in total. The highest BCUT2D eigenvalue weighted by atomic mass is 15.1. The summed E-state index contributed by atoms with van der Waals surface area (Å²) in [6, 6.07) is 0.621. The lowest BCUT2D eigenvalue weighted by molar-refractivity contribution is -0.727. The molecular formula is C36H71N2+. The number of hydrogen-bond donors (Lipinski definition) is 1. The van der Waals surface area contributed by atoms with E-state index < -0.39 is 0 Å². The van der Waals surface area contributed by atoms with Crippen molar-refractivity contribution in [2.75, 3.05) is 0 Å². The number of imidazole rings is 1. The van der Waals surface area contributed by atoms with Gasteiger partial charge in [-0.1, -0.05) is 168 Å². The second kappa shape index (κ2) is 26.4. The van der Waals surface area contributed by atoms with Crippen molar-refractivity contribution in [1.29, 1.82) is 0 Å². The van der Waals surface area contributed by atoms with Gasteiger partial charge in [-0.15, -0.1) is 0 Å². The predicted octanol–water partition coefficient (Wildman–Crippen LogP) is 12.5. The number of rotatable bonds is 29. The molecule has 0 radical (unpaired) electrons. The van der Waals surface area contributed by atoms with Crippen LogP contribution in [0.4, 0.5) is 0 Å². The third-order valence-corrected chi connectivity index (χ3v) is 8.89. The Labute approximate surface area is 240 Å². The first-order valence-electron chi connectivity index (χ1n) is 17.8. The number of unbranched alkanes of at least 4 members (excludes halogenated alkanes) is 21. The third-order valence-electron chi connectivity index (χ3n) is 8.89. The molecule has 1 atom stereocenters. The fourth-order valence-corrected chi connectivity index (χ4v) is 6.25. The molecule has 0 saturated carbocycles. The normalized spacial score (nSPS) is 12.6. The van der Waals surface area contributed by atoms with Gasteiger partial charge in [-0.25, -0.2) is 9.55 Å². The molecular weight excluding hydrogens is 460 g/mol. The zero-order valence-corrected chi connectivity index (χ0v) is 26.8. The van der Waals surface area contributed by atoms with Gasteiger partial charge in [-0.05, 0) is 32.6 Å². The Hall–Kier alpha value is -0.790. The first-order chi connectivity index (χ1) is 18.7. The molecule has 1 aromatic rings. The molecule has 0 bridgehead atoms. The molecule has 0 amide bonds. The number of nitrogens with one attached hydrogen (secondary N) is 1. The van der Waals surface area contributed by atoms with Gasteiger partial charge in [0.2, 0.25) is 0 Å². The van der Waals surface area contributed by atoms with Crippen LogP contribution in [-0.2, 0) is 0 Å². The molecule has 224 valence electrons. The third kappa shape index (κ3) is 18.5. The first-order valence-corrected chi connectivity index (χ1v) is 17.8. The van der Waals surface area contributed by atoms with Gasteiger partial charge >= 0.3 is 0 Å². The number of nitrogens with zero attached hydrogens (tertiary/aromatic N) is 1. The summed E-state index contributed by atoms with van der Waals surface area (Å²) in [5, 5.41) is 0. The highest BCUT2D eigenvalue weighted by Gasteiger charge is 2.25. The van der Waals surface area contributed by atoms with E-state index in [0.717, 1.165) is 0 Å². The number of aromatic amines is 1. The first kappa shape index (κ1) is 35.2. The number of aromatic nitrogens is 2. The van der Waals surface area contributed by atoms with E-state index in [9.17, 15) is 0 Å². The zero-order valence-electron chi connectivity index (χ0n) is 26.8. The highest BCUT2D eigenvalue weighted by molar-refractivity contribution is 4.90. The minimum absolute atomic E-state index is 0.621. The molecule has 2 heteroatoms. The standard InChI is InChI=1S/C36H70N2/c1-5-8-11-14-17-19-21-24-27-30-35(31-28-25-22-20-18-15-12-9-6-2)36-37-32-33-38(36)34(4)29-26-23-16-13-10-7-3/h32-35H,5-31H2,1-4H3/p+1. The summed E-state index contributed by atoms with van der Waals surface area (Å²) >= 11 is 0. The lowest BCUT2D eigenvalue weighted by Crippen LogP contribution is -2.41. The van der Waals surface area contributed by atoms with Crippen molar-refractivity contribution in [1.82, 2.24) is 4.98 Å². The summed E-state index contributed by atoms with van der Waals surface area (Å²) in [7, 11) is 0. The van der Waals surface area contributed by atoms with Gasteiger partial charge in [-0.3, -0.25) is 0 Å². The molecule has 1 unspecified atom stereocenters. The molecule has 0 aliphatic rings. The molecule has 0 aromatic carbocycles. The average Bonchev–Trinajstić information content (AvgIpc) is 3.42. The fraction of sp³-hybridized carbons (Fsp3) is 0.917. The average molecular weight is 532 g/mol. The minimum atomic E-state index is 0.621. The van der Waals surface area contributed by atoms with Gasteiger partial charge in [-0.2, -0.15) is 0 Å². The van der Waals surface area contributed by atoms with Gasteiger partial charge in [0.1, 0.15) is 12.4 Å². The van der Waals surface area contributed by atoms with Gasteiger partial charge in [0.15, 0.2) is 0 Å². The van der Waals surface area contributed by atoms with Crippen molar-refractivity contribution < 1.29 is 4.57 Å². The summed E-state index contributed by atoms with van der Waals surface area (Å²) in [5.74, 6) is 2.24. The molecule has 0 saturated heterocycles. The van der Waals surface area contributed by atoms with Gasteiger partial charge in [0.25, 0.3) is 5.82 Å². The summed E-state index contributed by atoms with van der Waals surface area (Å²) in [6.45, 7) is 9.39. The second-order valence-electron chi connectivity index (χ2n) is 12.6. The molecule has 2 nitrogen and oxygen atoms in total. The predicted molar refractivity (Wildman–Crippen MR) is 170 cm³/mol. The second-order valence-corrected chi connectivity index (χ2v) is 12.6. The van der Waals surface area contributed by atoms with Crippen molar-refractivity contribution in [2.24, 2.45) is 0 Å². The number of hydrogen-bond acceptors (Lipinski definition) is 0. The van der Waals surface area contributed by atoms with Gasteiger partial charge in [0, 0.05) is 0 Å². The fourth-order valence-electron chi connectivity index (χ4n) is 6.25. The molecule has 1 rings (SSSR count). The Balaban J connectivity index is 2.48. The minimum Gasteiger partial charge on any atom is -0.247 e. The quantitative estimate of drug-likeness (QED) is 0.0783. The zero-order chi connectivity index (χ0) is 27.5. The molecule has 0 fully saturated rings. The van der Waals surface area contributed by atoms with Crippen molar-refractivity contribution in [3.05, 3.63) is 18.2 Å². The van der Waals surface area contributed by atoms with E-state index in [-0.39, 0.29) is 0 Å².